The molecule has 0 fully saturated rings. The van der Waals surface area contributed by atoms with Crippen LogP contribution in [0.15, 0.2) is 83.3 Å². The third-order valence-corrected chi connectivity index (χ3v) is 5.43. The van der Waals surface area contributed by atoms with Gasteiger partial charge in [-0.25, -0.2) is 4.39 Å². The molecule has 0 saturated carbocycles. The van der Waals surface area contributed by atoms with Gasteiger partial charge in [-0.2, -0.15) is 0 Å². The van der Waals surface area contributed by atoms with E-state index in [9.17, 15) is 9.18 Å². The van der Waals surface area contributed by atoms with Crippen molar-refractivity contribution in [1.82, 2.24) is 10.2 Å². The van der Waals surface area contributed by atoms with E-state index < -0.39 is 0 Å². The van der Waals surface area contributed by atoms with Crippen molar-refractivity contribution >= 4 is 16.7 Å². The van der Waals surface area contributed by atoms with Crippen molar-refractivity contribution in [3.63, 3.8) is 0 Å². The molecule has 1 aromatic heterocycles. The molecule has 0 bridgehead atoms. The van der Waals surface area contributed by atoms with Crippen molar-refractivity contribution < 1.29 is 18.3 Å². The van der Waals surface area contributed by atoms with E-state index in [4.69, 9.17) is 9.15 Å². The van der Waals surface area contributed by atoms with Crippen molar-refractivity contribution in [1.29, 1.82) is 0 Å². The van der Waals surface area contributed by atoms with Crippen LogP contribution < -0.4 is 10.1 Å². The van der Waals surface area contributed by atoms with Crippen LogP contribution in [0, 0.1) is 5.82 Å². The van der Waals surface area contributed by atoms with Gasteiger partial charge in [-0.1, -0.05) is 42.5 Å². The Morgan fingerprint density at radius 2 is 1.76 bits per heavy atom. The van der Waals surface area contributed by atoms with Gasteiger partial charge in [-0.3, -0.25) is 4.79 Å². The Hall–Kier alpha value is -3.64. The Morgan fingerprint density at radius 3 is 2.52 bits per heavy atom. The molecule has 170 valence electrons. The highest BCUT2D eigenvalue weighted by Crippen LogP contribution is 2.22. The minimum Gasteiger partial charge on any atom is -0.486 e. The summed E-state index contributed by atoms with van der Waals surface area (Å²) in [5.74, 6) is 0.874. The summed E-state index contributed by atoms with van der Waals surface area (Å²) in [5.41, 5.74) is 0.845. The highest BCUT2D eigenvalue weighted by Gasteiger charge is 2.19. The summed E-state index contributed by atoms with van der Waals surface area (Å²) in [6.07, 6.45) is 0.684. The lowest BCUT2D eigenvalue weighted by Crippen LogP contribution is -2.30. The highest BCUT2D eigenvalue weighted by atomic mass is 19.1. The lowest BCUT2D eigenvalue weighted by molar-refractivity contribution is 0.0900. The topological polar surface area (TPSA) is 54.7 Å². The van der Waals surface area contributed by atoms with Crippen LogP contribution >= 0.6 is 0 Å². The standard InChI is InChI=1S/C27H27FN2O3/c1-30(2)16-15-25(20-7-10-22(28)11-8-20)29-27(31)26-14-13-24(33-26)18-32-23-12-9-19-5-3-4-6-21(19)17-23/h3-14,17,25H,15-16,18H2,1-2H3,(H,29,31). The van der Waals surface area contributed by atoms with E-state index in [2.05, 4.69) is 5.32 Å². The van der Waals surface area contributed by atoms with Gasteiger partial charge in [-0.15, -0.1) is 0 Å². The second-order valence-corrected chi connectivity index (χ2v) is 8.23. The van der Waals surface area contributed by atoms with Crippen LogP contribution in [0.3, 0.4) is 0 Å². The third-order valence-electron chi connectivity index (χ3n) is 5.43. The third kappa shape index (κ3) is 5.99. The van der Waals surface area contributed by atoms with Crippen LogP contribution in [0.25, 0.3) is 10.8 Å². The zero-order valence-corrected chi connectivity index (χ0v) is 18.8. The van der Waals surface area contributed by atoms with Crippen LogP contribution in [0.4, 0.5) is 4.39 Å². The van der Waals surface area contributed by atoms with Crippen LogP contribution in [-0.2, 0) is 6.61 Å². The van der Waals surface area contributed by atoms with Gasteiger partial charge in [0.15, 0.2) is 5.76 Å². The molecule has 4 aromatic rings. The first-order valence-corrected chi connectivity index (χ1v) is 10.9. The molecule has 1 atom stereocenters. The smallest absolute Gasteiger partial charge is 0.287 e. The summed E-state index contributed by atoms with van der Waals surface area (Å²) in [6.45, 7) is 0.985. The van der Waals surface area contributed by atoms with E-state index in [1.807, 2.05) is 61.5 Å². The maximum Gasteiger partial charge on any atom is 0.287 e. The fourth-order valence-corrected chi connectivity index (χ4v) is 3.62. The van der Waals surface area contributed by atoms with Gasteiger partial charge < -0.3 is 19.4 Å². The molecule has 0 spiro atoms. The Bertz CT molecular complexity index is 1220. The Balaban J connectivity index is 1.40. The summed E-state index contributed by atoms with van der Waals surface area (Å²) in [7, 11) is 3.94. The maximum absolute atomic E-state index is 13.3. The number of ether oxygens (including phenoxy) is 1. The molecule has 1 heterocycles. The molecule has 33 heavy (non-hydrogen) atoms. The highest BCUT2D eigenvalue weighted by molar-refractivity contribution is 5.91. The number of carbonyl (C=O) groups is 1. The first kappa shape index (κ1) is 22.6. The Labute approximate surface area is 192 Å². The second-order valence-electron chi connectivity index (χ2n) is 8.23. The quantitative estimate of drug-likeness (QED) is 0.365. The van der Waals surface area contributed by atoms with Gasteiger partial charge in [0.2, 0.25) is 0 Å². The van der Waals surface area contributed by atoms with Gasteiger partial charge in [-0.05, 0) is 79.8 Å². The summed E-state index contributed by atoms with van der Waals surface area (Å²) >= 11 is 0. The molecule has 6 heteroatoms. The lowest BCUT2D eigenvalue weighted by atomic mass is 10.0. The largest absolute Gasteiger partial charge is 0.486 e. The van der Waals surface area contributed by atoms with Gasteiger partial charge in [0.25, 0.3) is 5.91 Å². The minimum absolute atomic E-state index is 0.212. The number of hydrogen-bond acceptors (Lipinski definition) is 4. The number of rotatable bonds is 9. The normalized spacial score (nSPS) is 12.1. The number of nitrogens with one attached hydrogen (secondary N) is 1. The van der Waals surface area contributed by atoms with Crippen molar-refractivity contribution in [2.45, 2.75) is 19.1 Å². The van der Waals surface area contributed by atoms with Crippen LogP contribution in [0.2, 0.25) is 0 Å². The molecule has 0 aliphatic carbocycles. The predicted octanol–water partition coefficient (Wildman–Crippen LogP) is 5.57. The molecular formula is C27H27FN2O3. The van der Waals surface area contributed by atoms with Crippen LogP contribution in [-0.4, -0.2) is 31.4 Å². The first-order chi connectivity index (χ1) is 16.0. The van der Waals surface area contributed by atoms with Crippen molar-refractivity contribution in [3.8, 4) is 5.75 Å². The number of carbonyl (C=O) groups excluding carboxylic acids is 1. The molecule has 4 rings (SSSR count). The molecule has 0 saturated heterocycles. The number of amides is 1. The van der Waals surface area contributed by atoms with Crippen LogP contribution in [0.5, 0.6) is 5.75 Å². The van der Waals surface area contributed by atoms with E-state index >= 15 is 0 Å². The lowest BCUT2D eigenvalue weighted by Gasteiger charge is -2.21. The number of furan rings is 1. The Morgan fingerprint density at radius 1 is 1.00 bits per heavy atom. The molecule has 1 amide bonds. The van der Waals surface area contributed by atoms with Crippen molar-refractivity contribution in [2.75, 3.05) is 20.6 Å². The molecule has 1 unspecified atom stereocenters. The fraction of sp³-hybridized carbons (Fsp3) is 0.222. The van der Waals surface area contributed by atoms with Gasteiger partial charge in [0.1, 0.15) is 23.9 Å². The van der Waals surface area contributed by atoms with E-state index in [1.54, 1.807) is 24.3 Å². The van der Waals surface area contributed by atoms with Crippen LogP contribution in [0.1, 0.15) is 34.3 Å². The molecular weight excluding hydrogens is 419 g/mol. The van der Waals surface area contributed by atoms with E-state index in [0.29, 0.717) is 12.2 Å². The molecule has 1 N–H and O–H groups in total. The summed E-state index contributed by atoms with van der Waals surface area (Å²) in [4.78, 5) is 14.9. The van der Waals surface area contributed by atoms with Gasteiger partial charge in [0, 0.05) is 0 Å². The maximum atomic E-state index is 13.3. The molecule has 0 aliphatic heterocycles. The number of fused-ring (bicyclic) bond motifs is 1. The number of nitrogens with zero attached hydrogens (tertiary/aromatic N) is 1. The number of halogens is 1. The monoisotopic (exact) mass is 446 g/mol. The second kappa shape index (κ2) is 10.3. The minimum atomic E-state index is -0.319. The molecule has 0 aliphatic rings. The average Bonchev–Trinajstić information content (AvgIpc) is 3.30. The zero-order chi connectivity index (χ0) is 23.2. The van der Waals surface area contributed by atoms with E-state index in [-0.39, 0.29) is 30.1 Å². The predicted molar refractivity (Wildman–Crippen MR) is 127 cm³/mol. The molecule has 3 aromatic carbocycles. The average molecular weight is 447 g/mol. The van der Waals surface area contributed by atoms with Gasteiger partial charge in [0.05, 0.1) is 6.04 Å². The van der Waals surface area contributed by atoms with Crippen molar-refractivity contribution in [2.24, 2.45) is 0 Å². The number of benzene rings is 3. The first-order valence-electron chi connectivity index (χ1n) is 10.9. The molecule has 0 radical (unpaired) electrons. The van der Waals surface area contributed by atoms with E-state index in [1.165, 1.54) is 12.1 Å². The summed E-state index contributed by atoms with van der Waals surface area (Å²) in [5, 5.41) is 5.25. The van der Waals surface area contributed by atoms with Crippen molar-refractivity contribution in [3.05, 3.63) is 102 Å². The SMILES string of the molecule is CN(C)CCC(NC(=O)c1ccc(COc2ccc3ccccc3c2)o1)c1ccc(F)cc1. The van der Waals surface area contributed by atoms with Gasteiger partial charge >= 0.3 is 0 Å². The zero-order valence-electron chi connectivity index (χ0n) is 18.8. The van der Waals surface area contributed by atoms with E-state index in [0.717, 1.165) is 28.6 Å². The summed E-state index contributed by atoms with van der Waals surface area (Å²) < 4.78 is 24.9. The molecule has 5 nitrogen and oxygen atoms in total. The number of hydrogen-bond donors (Lipinski definition) is 1. The summed E-state index contributed by atoms with van der Waals surface area (Å²) in [6, 6.07) is 23.3. The fourth-order valence-electron chi connectivity index (χ4n) is 3.62. The Kier molecular flexibility index (Phi) is 7.05.